The standard InChI is InChI=1S/C6H8N4OS/c7-12-5-3-4-6(11)8-1-2-10(4)9-5/h3H,1-2,7H2,(H,8,11). The van der Waals surface area contributed by atoms with Crippen molar-refractivity contribution in [3.05, 3.63) is 11.8 Å². The van der Waals surface area contributed by atoms with Gasteiger partial charge in [0, 0.05) is 12.6 Å². The molecule has 5 nitrogen and oxygen atoms in total. The van der Waals surface area contributed by atoms with Crippen LogP contribution in [-0.2, 0) is 6.54 Å². The van der Waals surface area contributed by atoms with Crippen molar-refractivity contribution in [3.8, 4) is 0 Å². The molecule has 64 valence electrons. The van der Waals surface area contributed by atoms with Crippen LogP contribution < -0.4 is 10.5 Å². The molecule has 3 N–H and O–H groups in total. The molecule has 2 heterocycles. The smallest absolute Gasteiger partial charge is 0.269 e. The molecule has 6 heteroatoms. The number of carbonyl (C=O) groups is 1. The topological polar surface area (TPSA) is 72.9 Å². The normalized spacial score (nSPS) is 15.6. The van der Waals surface area contributed by atoms with Gasteiger partial charge in [-0.25, -0.2) is 0 Å². The van der Waals surface area contributed by atoms with Gasteiger partial charge in [0.05, 0.1) is 6.54 Å². The number of nitrogens with two attached hydrogens (primary N) is 1. The van der Waals surface area contributed by atoms with Crippen LogP contribution in [0, 0.1) is 0 Å². The Morgan fingerprint density at radius 2 is 2.58 bits per heavy atom. The fraction of sp³-hybridized carbons (Fsp3) is 0.333. The largest absolute Gasteiger partial charge is 0.349 e. The second kappa shape index (κ2) is 2.80. The van der Waals surface area contributed by atoms with E-state index < -0.39 is 0 Å². The molecule has 0 fully saturated rings. The van der Waals surface area contributed by atoms with Gasteiger partial charge >= 0.3 is 0 Å². The Labute approximate surface area is 73.4 Å². The van der Waals surface area contributed by atoms with Crippen LogP contribution in [-0.4, -0.2) is 22.2 Å². The van der Waals surface area contributed by atoms with E-state index in [0.29, 0.717) is 17.3 Å². The third-order valence-corrected chi connectivity index (χ3v) is 2.16. The number of nitrogens with zero attached hydrogens (tertiary/aromatic N) is 2. The van der Waals surface area contributed by atoms with Crippen LogP contribution in [0.15, 0.2) is 11.1 Å². The molecule has 0 saturated heterocycles. The summed E-state index contributed by atoms with van der Waals surface area (Å²) >= 11 is 1.05. The second-order valence-corrected chi connectivity index (χ2v) is 3.12. The maximum Gasteiger partial charge on any atom is 0.269 e. The average molecular weight is 184 g/mol. The quantitative estimate of drug-likeness (QED) is 0.582. The minimum Gasteiger partial charge on any atom is -0.349 e. The lowest BCUT2D eigenvalue weighted by atomic mass is 10.3. The molecule has 1 aliphatic heterocycles. The Morgan fingerprint density at radius 3 is 3.25 bits per heavy atom. The SMILES string of the molecule is NSc1cc2n(n1)CCNC2=O. The highest BCUT2D eigenvalue weighted by molar-refractivity contribution is 7.97. The van der Waals surface area contributed by atoms with E-state index in [-0.39, 0.29) is 5.91 Å². The highest BCUT2D eigenvalue weighted by Gasteiger charge is 2.18. The number of amides is 1. The molecule has 0 saturated carbocycles. The Kier molecular flexibility index (Phi) is 1.78. The molecular weight excluding hydrogens is 176 g/mol. The first-order chi connectivity index (χ1) is 5.81. The van der Waals surface area contributed by atoms with E-state index in [4.69, 9.17) is 5.14 Å². The summed E-state index contributed by atoms with van der Waals surface area (Å²) in [7, 11) is 0. The Hall–Kier alpha value is -1.01. The van der Waals surface area contributed by atoms with Gasteiger partial charge in [-0.15, -0.1) is 0 Å². The number of fused-ring (bicyclic) bond motifs is 1. The molecule has 1 aromatic heterocycles. The van der Waals surface area contributed by atoms with E-state index in [1.54, 1.807) is 10.7 Å². The zero-order chi connectivity index (χ0) is 8.55. The van der Waals surface area contributed by atoms with Gasteiger partial charge in [0.15, 0.2) is 0 Å². The second-order valence-electron chi connectivity index (χ2n) is 2.46. The van der Waals surface area contributed by atoms with E-state index >= 15 is 0 Å². The molecular formula is C6H8N4OS. The van der Waals surface area contributed by atoms with Crippen molar-refractivity contribution in [2.24, 2.45) is 5.14 Å². The molecule has 0 atom stereocenters. The van der Waals surface area contributed by atoms with Gasteiger partial charge in [0.2, 0.25) is 0 Å². The highest BCUT2D eigenvalue weighted by atomic mass is 32.2. The van der Waals surface area contributed by atoms with Crippen LogP contribution in [0.25, 0.3) is 0 Å². The predicted molar refractivity (Wildman–Crippen MR) is 44.6 cm³/mol. The fourth-order valence-corrected chi connectivity index (χ4v) is 1.50. The van der Waals surface area contributed by atoms with Crippen molar-refractivity contribution in [3.63, 3.8) is 0 Å². The molecule has 0 unspecified atom stereocenters. The first kappa shape index (κ1) is 7.63. The molecule has 0 radical (unpaired) electrons. The minimum atomic E-state index is -0.0750. The molecule has 0 aliphatic carbocycles. The van der Waals surface area contributed by atoms with Gasteiger partial charge in [0.25, 0.3) is 5.91 Å². The van der Waals surface area contributed by atoms with Gasteiger partial charge < -0.3 is 5.32 Å². The van der Waals surface area contributed by atoms with Crippen molar-refractivity contribution in [1.82, 2.24) is 15.1 Å². The maximum atomic E-state index is 11.2. The van der Waals surface area contributed by atoms with Crippen molar-refractivity contribution < 1.29 is 4.79 Å². The summed E-state index contributed by atoms with van der Waals surface area (Å²) in [4.78, 5) is 11.2. The summed E-state index contributed by atoms with van der Waals surface area (Å²) in [5.41, 5.74) is 0.592. The van der Waals surface area contributed by atoms with E-state index in [1.807, 2.05) is 0 Å². The van der Waals surface area contributed by atoms with E-state index in [9.17, 15) is 4.79 Å². The molecule has 2 rings (SSSR count). The lowest BCUT2D eigenvalue weighted by Crippen LogP contribution is -2.35. The molecule has 0 aromatic carbocycles. The average Bonchev–Trinajstić information content (AvgIpc) is 2.49. The van der Waals surface area contributed by atoms with Gasteiger partial charge in [-0.2, -0.15) is 5.10 Å². The third kappa shape index (κ3) is 1.09. The van der Waals surface area contributed by atoms with E-state index in [0.717, 1.165) is 18.5 Å². The summed E-state index contributed by atoms with van der Waals surface area (Å²) in [6.07, 6.45) is 0. The minimum absolute atomic E-state index is 0.0750. The van der Waals surface area contributed by atoms with Crippen LogP contribution in [0.3, 0.4) is 0 Å². The van der Waals surface area contributed by atoms with Crippen LogP contribution in [0.5, 0.6) is 0 Å². The van der Waals surface area contributed by atoms with Gasteiger partial charge in [-0.3, -0.25) is 14.6 Å². The lowest BCUT2D eigenvalue weighted by Gasteiger charge is -2.13. The summed E-state index contributed by atoms with van der Waals surface area (Å²) in [5.74, 6) is -0.0750. The first-order valence-corrected chi connectivity index (χ1v) is 4.42. The zero-order valence-electron chi connectivity index (χ0n) is 6.28. The fourth-order valence-electron chi connectivity index (χ4n) is 1.17. The van der Waals surface area contributed by atoms with Gasteiger partial charge in [-0.05, 0) is 11.9 Å². The lowest BCUT2D eigenvalue weighted by molar-refractivity contribution is 0.0924. The summed E-state index contributed by atoms with van der Waals surface area (Å²) in [5, 5.41) is 12.8. The van der Waals surface area contributed by atoms with E-state index in [1.165, 1.54) is 0 Å². The van der Waals surface area contributed by atoms with Crippen molar-refractivity contribution in [1.29, 1.82) is 0 Å². The number of nitrogens with one attached hydrogen (secondary N) is 1. The van der Waals surface area contributed by atoms with Gasteiger partial charge in [-0.1, -0.05) is 0 Å². The molecule has 12 heavy (non-hydrogen) atoms. The monoisotopic (exact) mass is 184 g/mol. The van der Waals surface area contributed by atoms with Gasteiger partial charge in [0.1, 0.15) is 10.7 Å². The number of hydrogen-bond donors (Lipinski definition) is 2. The van der Waals surface area contributed by atoms with Crippen LogP contribution >= 0.6 is 11.9 Å². The van der Waals surface area contributed by atoms with Crippen LogP contribution in [0.1, 0.15) is 10.5 Å². The summed E-state index contributed by atoms with van der Waals surface area (Å²) < 4.78 is 1.67. The number of aromatic nitrogens is 2. The summed E-state index contributed by atoms with van der Waals surface area (Å²) in [6.45, 7) is 1.36. The number of carbonyl (C=O) groups excluding carboxylic acids is 1. The van der Waals surface area contributed by atoms with Crippen LogP contribution in [0.4, 0.5) is 0 Å². The first-order valence-electron chi connectivity index (χ1n) is 3.54. The Morgan fingerprint density at radius 1 is 1.75 bits per heavy atom. The zero-order valence-corrected chi connectivity index (χ0v) is 7.10. The third-order valence-electron chi connectivity index (χ3n) is 1.72. The number of rotatable bonds is 1. The van der Waals surface area contributed by atoms with Crippen LogP contribution in [0.2, 0.25) is 0 Å². The van der Waals surface area contributed by atoms with Crippen molar-refractivity contribution >= 4 is 17.9 Å². The number of hydrogen-bond acceptors (Lipinski definition) is 4. The van der Waals surface area contributed by atoms with Crippen molar-refractivity contribution in [2.45, 2.75) is 11.6 Å². The molecule has 0 spiro atoms. The highest BCUT2D eigenvalue weighted by Crippen LogP contribution is 2.13. The predicted octanol–water partition coefficient (Wildman–Crippen LogP) is -0.408. The molecule has 1 aromatic rings. The van der Waals surface area contributed by atoms with E-state index in [2.05, 4.69) is 10.4 Å². The maximum absolute atomic E-state index is 11.2. The molecule has 0 bridgehead atoms. The summed E-state index contributed by atoms with van der Waals surface area (Å²) in [6, 6.07) is 1.69. The molecule has 1 aliphatic rings. The Balaban J connectivity index is 2.43. The molecule has 1 amide bonds. The van der Waals surface area contributed by atoms with Crippen molar-refractivity contribution in [2.75, 3.05) is 6.54 Å². The Bertz CT molecular complexity index is 321.